The van der Waals surface area contributed by atoms with Gasteiger partial charge in [0.2, 0.25) is 0 Å². The van der Waals surface area contributed by atoms with Crippen molar-refractivity contribution in [3.05, 3.63) is 40.4 Å². The van der Waals surface area contributed by atoms with Crippen LogP contribution in [0.3, 0.4) is 0 Å². The molecule has 0 heterocycles. The Bertz CT molecular complexity index is 380. The van der Waals surface area contributed by atoms with Crippen molar-refractivity contribution in [1.82, 2.24) is 0 Å². The molecule has 2 heteroatoms. The highest BCUT2D eigenvalue weighted by Crippen LogP contribution is 2.34. The summed E-state index contributed by atoms with van der Waals surface area (Å²) in [6, 6.07) is 6.04. The van der Waals surface area contributed by atoms with Crippen LogP contribution in [0.1, 0.15) is 31.9 Å². The lowest BCUT2D eigenvalue weighted by Gasteiger charge is -2.26. The van der Waals surface area contributed by atoms with Crippen molar-refractivity contribution in [3.8, 4) is 0 Å². The molecule has 0 spiro atoms. The zero-order chi connectivity index (χ0) is 11.6. The third kappa shape index (κ3) is 2.50. The first-order valence-corrected chi connectivity index (χ1v) is 5.75. The molecule has 0 fully saturated rings. The number of aliphatic hydroxyl groups is 1. The predicted octanol–water partition coefficient (Wildman–Crippen LogP) is 3.75. The summed E-state index contributed by atoms with van der Waals surface area (Å²) in [5.41, 5.74) is 3.01. The minimum absolute atomic E-state index is 0.129. The summed E-state index contributed by atoms with van der Waals surface area (Å²) in [6.45, 7) is 10.2. The second-order valence-corrected chi connectivity index (χ2v) is 5.34. The molecule has 1 aromatic carbocycles. The van der Waals surface area contributed by atoms with E-state index in [1.165, 1.54) is 0 Å². The molecule has 0 aliphatic rings. The molecule has 0 saturated carbocycles. The van der Waals surface area contributed by atoms with Crippen molar-refractivity contribution in [3.63, 3.8) is 0 Å². The summed E-state index contributed by atoms with van der Waals surface area (Å²) in [5.74, 6) is 0. The van der Waals surface area contributed by atoms with E-state index in [0.717, 1.165) is 21.2 Å². The highest BCUT2D eigenvalue weighted by molar-refractivity contribution is 9.10. The van der Waals surface area contributed by atoms with Crippen molar-refractivity contribution >= 4 is 21.5 Å². The minimum atomic E-state index is -0.238. The third-order valence-corrected chi connectivity index (χ3v) is 3.23. The highest BCUT2D eigenvalue weighted by Gasteiger charge is 2.23. The van der Waals surface area contributed by atoms with Gasteiger partial charge in [0.05, 0.1) is 6.61 Å². The first-order chi connectivity index (χ1) is 6.90. The molecular formula is C13H17BrO. The summed E-state index contributed by atoms with van der Waals surface area (Å²) in [7, 11) is 0. The molecular weight excluding hydrogens is 252 g/mol. The van der Waals surface area contributed by atoms with E-state index in [4.69, 9.17) is 0 Å². The average molecular weight is 269 g/mol. The molecule has 0 radical (unpaired) electrons. The summed E-state index contributed by atoms with van der Waals surface area (Å²) in [5, 5.41) is 9.40. The van der Waals surface area contributed by atoms with Crippen LogP contribution < -0.4 is 0 Å². The maximum Gasteiger partial charge on any atom is 0.0522 e. The molecule has 0 aliphatic heterocycles. The Balaban J connectivity index is 3.42. The normalized spacial score (nSPS) is 11.5. The Hall–Kier alpha value is -0.600. The molecule has 1 aromatic rings. The van der Waals surface area contributed by atoms with E-state index in [0.29, 0.717) is 0 Å². The van der Waals surface area contributed by atoms with Gasteiger partial charge in [-0.3, -0.25) is 0 Å². The molecule has 1 N–H and O–H groups in total. The van der Waals surface area contributed by atoms with Gasteiger partial charge in [0.15, 0.2) is 0 Å². The second-order valence-electron chi connectivity index (χ2n) is 4.48. The van der Waals surface area contributed by atoms with E-state index < -0.39 is 0 Å². The van der Waals surface area contributed by atoms with Crippen LogP contribution in [0.2, 0.25) is 0 Å². The van der Waals surface area contributed by atoms with Gasteiger partial charge in [-0.1, -0.05) is 48.5 Å². The molecule has 1 nitrogen and oxygen atoms in total. The summed E-state index contributed by atoms with van der Waals surface area (Å²) in [6.07, 6.45) is 0. The standard InChI is InChI=1S/C13H17BrO/c1-9(2)12-10(13(3,4)8-15)6-5-7-11(12)14/h5-7,15H,1,8H2,2-4H3. The monoisotopic (exact) mass is 268 g/mol. The molecule has 1 rings (SSSR count). The summed E-state index contributed by atoms with van der Waals surface area (Å²) >= 11 is 3.53. The topological polar surface area (TPSA) is 20.2 Å². The maximum absolute atomic E-state index is 9.40. The Morgan fingerprint density at radius 3 is 2.53 bits per heavy atom. The van der Waals surface area contributed by atoms with E-state index in [-0.39, 0.29) is 12.0 Å². The van der Waals surface area contributed by atoms with E-state index in [1.807, 2.05) is 39.0 Å². The molecule has 82 valence electrons. The van der Waals surface area contributed by atoms with Crippen molar-refractivity contribution in [2.75, 3.05) is 6.61 Å². The van der Waals surface area contributed by atoms with Gasteiger partial charge in [0.25, 0.3) is 0 Å². The van der Waals surface area contributed by atoms with Gasteiger partial charge in [0.1, 0.15) is 0 Å². The van der Waals surface area contributed by atoms with Crippen LogP contribution in [0.25, 0.3) is 5.57 Å². The Labute approximate surface area is 100.0 Å². The van der Waals surface area contributed by atoms with E-state index in [1.54, 1.807) is 0 Å². The first kappa shape index (κ1) is 12.5. The van der Waals surface area contributed by atoms with Gasteiger partial charge in [-0.05, 0) is 29.7 Å². The van der Waals surface area contributed by atoms with Crippen LogP contribution in [-0.2, 0) is 5.41 Å². The number of hydrogen-bond acceptors (Lipinski definition) is 1. The van der Waals surface area contributed by atoms with E-state index in [9.17, 15) is 5.11 Å². The SMILES string of the molecule is C=C(C)c1c(Br)cccc1C(C)(C)CO. The molecule has 0 amide bonds. The van der Waals surface area contributed by atoms with Crippen LogP contribution in [0.5, 0.6) is 0 Å². The molecule has 0 aromatic heterocycles. The van der Waals surface area contributed by atoms with Crippen LogP contribution >= 0.6 is 15.9 Å². The van der Waals surface area contributed by atoms with Crippen molar-refractivity contribution in [2.24, 2.45) is 0 Å². The number of aliphatic hydroxyl groups excluding tert-OH is 1. The largest absolute Gasteiger partial charge is 0.395 e. The number of allylic oxidation sites excluding steroid dienone is 1. The third-order valence-electron chi connectivity index (χ3n) is 2.56. The number of hydrogen-bond donors (Lipinski definition) is 1. The van der Waals surface area contributed by atoms with Gasteiger partial charge in [0, 0.05) is 9.89 Å². The summed E-state index contributed by atoms with van der Waals surface area (Å²) in [4.78, 5) is 0. The number of benzene rings is 1. The van der Waals surface area contributed by atoms with Crippen molar-refractivity contribution in [2.45, 2.75) is 26.2 Å². The fourth-order valence-corrected chi connectivity index (χ4v) is 2.31. The zero-order valence-corrected chi connectivity index (χ0v) is 11.1. The van der Waals surface area contributed by atoms with Crippen LogP contribution in [0.4, 0.5) is 0 Å². The van der Waals surface area contributed by atoms with E-state index in [2.05, 4.69) is 22.5 Å². The number of halogens is 1. The summed E-state index contributed by atoms with van der Waals surface area (Å²) < 4.78 is 1.04. The number of rotatable bonds is 3. The highest BCUT2D eigenvalue weighted by atomic mass is 79.9. The molecule has 0 bridgehead atoms. The Kier molecular flexibility index (Phi) is 3.74. The van der Waals surface area contributed by atoms with Crippen LogP contribution in [0, 0.1) is 0 Å². The van der Waals surface area contributed by atoms with E-state index >= 15 is 0 Å². The second kappa shape index (κ2) is 4.50. The fraction of sp³-hybridized carbons (Fsp3) is 0.385. The average Bonchev–Trinajstić information content (AvgIpc) is 2.16. The molecule has 0 aliphatic carbocycles. The Morgan fingerprint density at radius 2 is 2.07 bits per heavy atom. The van der Waals surface area contributed by atoms with Gasteiger partial charge >= 0.3 is 0 Å². The van der Waals surface area contributed by atoms with Gasteiger partial charge in [-0.15, -0.1) is 0 Å². The van der Waals surface area contributed by atoms with Gasteiger partial charge in [-0.25, -0.2) is 0 Å². The maximum atomic E-state index is 9.40. The van der Waals surface area contributed by atoms with Crippen LogP contribution in [0.15, 0.2) is 29.3 Å². The van der Waals surface area contributed by atoms with Gasteiger partial charge in [-0.2, -0.15) is 0 Å². The molecule has 15 heavy (non-hydrogen) atoms. The minimum Gasteiger partial charge on any atom is -0.395 e. The van der Waals surface area contributed by atoms with Gasteiger partial charge < -0.3 is 5.11 Å². The van der Waals surface area contributed by atoms with Crippen LogP contribution in [-0.4, -0.2) is 11.7 Å². The van der Waals surface area contributed by atoms with Crippen molar-refractivity contribution in [1.29, 1.82) is 0 Å². The lowest BCUT2D eigenvalue weighted by atomic mass is 9.81. The Morgan fingerprint density at radius 1 is 1.47 bits per heavy atom. The van der Waals surface area contributed by atoms with Crippen molar-refractivity contribution < 1.29 is 5.11 Å². The predicted molar refractivity (Wildman–Crippen MR) is 69.0 cm³/mol. The fourth-order valence-electron chi connectivity index (χ4n) is 1.61. The lowest BCUT2D eigenvalue weighted by Crippen LogP contribution is -2.23. The molecule has 0 unspecified atom stereocenters. The molecule has 0 atom stereocenters. The zero-order valence-electron chi connectivity index (χ0n) is 9.47. The quantitative estimate of drug-likeness (QED) is 0.886. The first-order valence-electron chi connectivity index (χ1n) is 4.96. The smallest absolute Gasteiger partial charge is 0.0522 e. The lowest BCUT2D eigenvalue weighted by molar-refractivity contribution is 0.218. The molecule has 0 saturated heterocycles.